The van der Waals surface area contributed by atoms with E-state index in [0.29, 0.717) is 0 Å². The van der Waals surface area contributed by atoms with Gasteiger partial charge in [-0.1, -0.05) is 12.2 Å². The van der Waals surface area contributed by atoms with Gasteiger partial charge in [0.1, 0.15) is 0 Å². The van der Waals surface area contributed by atoms with Crippen molar-refractivity contribution >= 4 is 23.4 Å². The van der Waals surface area contributed by atoms with Gasteiger partial charge in [0.2, 0.25) is 5.91 Å². The first-order valence-electron chi connectivity index (χ1n) is 5.06. The molecule has 0 fully saturated rings. The van der Waals surface area contributed by atoms with Crippen LogP contribution in [0, 0.1) is 15.9 Å². The van der Waals surface area contributed by atoms with Crippen molar-refractivity contribution in [2.24, 2.45) is 0 Å². The van der Waals surface area contributed by atoms with Gasteiger partial charge in [-0.05, 0) is 0 Å². The molecular weight excluding hydrogens is 241 g/mol. The summed E-state index contributed by atoms with van der Waals surface area (Å²) in [6.07, 6.45) is 2.94. The van der Waals surface area contributed by atoms with E-state index in [0.717, 1.165) is 6.07 Å². The lowest BCUT2D eigenvalue weighted by atomic mass is 10.1. The molecule has 0 radical (unpaired) electrons. The summed E-state index contributed by atoms with van der Waals surface area (Å²) < 4.78 is 13.3. The lowest BCUT2D eigenvalue weighted by Gasteiger charge is -2.02. The smallest absolute Gasteiger partial charge is 0.273 e. The minimum atomic E-state index is -0.844. The Bertz CT molecular complexity index is 515. The van der Waals surface area contributed by atoms with Gasteiger partial charge in [-0.15, -0.1) is 0 Å². The second kappa shape index (κ2) is 5.76. The standard InChI is InChI=1S/C11H12FN3O3/c1-7(16)14-4-2-3-8-5-9(15(17)18)6-10(12)11(8)13/h2-3,5-6H,4,13H2,1H3,(H,14,16). The maximum absolute atomic E-state index is 13.3. The van der Waals surface area contributed by atoms with Crippen molar-refractivity contribution in [2.75, 3.05) is 12.3 Å². The number of carbonyl (C=O) groups is 1. The normalized spacial score (nSPS) is 10.6. The third-order valence-corrected chi connectivity index (χ3v) is 2.12. The Kier molecular flexibility index (Phi) is 4.36. The number of nitro groups is 1. The highest BCUT2D eigenvalue weighted by Gasteiger charge is 2.12. The topological polar surface area (TPSA) is 98.3 Å². The van der Waals surface area contributed by atoms with E-state index in [2.05, 4.69) is 5.32 Å². The van der Waals surface area contributed by atoms with Crippen molar-refractivity contribution in [3.63, 3.8) is 0 Å². The average molecular weight is 253 g/mol. The van der Waals surface area contributed by atoms with Gasteiger partial charge in [-0.25, -0.2) is 4.39 Å². The fourth-order valence-corrected chi connectivity index (χ4v) is 1.26. The zero-order valence-electron chi connectivity index (χ0n) is 9.64. The summed E-state index contributed by atoms with van der Waals surface area (Å²) in [5, 5.41) is 13.0. The third-order valence-electron chi connectivity index (χ3n) is 2.12. The number of nitrogens with two attached hydrogens (primary N) is 1. The van der Waals surface area contributed by atoms with Crippen LogP contribution in [-0.4, -0.2) is 17.4 Å². The molecular formula is C11H12FN3O3. The Morgan fingerprint density at radius 3 is 2.83 bits per heavy atom. The molecule has 7 heteroatoms. The van der Waals surface area contributed by atoms with Crippen LogP contribution in [0.2, 0.25) is 0 Å². The maximum atomic E-state index is 13.3. The highest BCUT2D eigenvalue weighted by Crippen LogP contribution is 2.24. The molecule has 6 nitrogen and oxygen atoms in total. The lowest BCUT2D eigenvalue weighted by Crippen LogP contribution is -2.19. The van der Waals surface area contributed by atoms with E-state index in [-0.39, 0.29) is 29.4 Å². The number of carbonyl (C=O) groups excluding carboxylic acids is 1. The zero-order chi connectivity index (χ0) is 13.7. The number of hydrogen-bond donors (Lipinski definition) is 2. The number of benzene rings is 1. The van der Waals surface area contributed by atoms with Gasteiger partial charge in [0.15, 0.2) is 5.82 Å². The van der Waals surface area contributed by atoms with Crippen molar-refractivity contribution < 1.29 is 14.1 Å². The van der Waals surface area contributed by atoms with Crippen LogP contribution in [0.15, 0.2) is 18.2 Å². The minimum absolute atomic E-state index is 0.167. The van der Waals surface area contributed by atoms with E-state index in [1.165, 1.54) is 25.1 Å². The van der Waals surface area contributed by atoms with E-state index >= 15 is 0 Å². The molecule has 0 saturated heterocycles. The van der Waals surface area contributed by atoms with Gasteiger partial charge in [-0.3, -0.25) is 14.9 Å². The van der Waals surface area contributed by atoms with E-state index in [4.69, 9.17) is 5.73 Å². The minimum Gasteiger partial charge on any atom is -0.396 e. The van der Waals surface area contributed by atoms with Crippen molar-refractivity contribution in [1.82, 2.24) is 5.32 Å². The van der Waals surface area contributed by atoms with Gasteiger partial charge < -0.3 is 11.1 Å². The van der Waals surface area contributed by atoms with Crippen LogP contribution in [0.4, 0.5) is 15.8 Å². The fourth-order valence-electron chi connectivity index (χ4n) is 1.26. The first-order chi connectivity index (χ1) is 8.41. The summed E-state index contributed by atoms with van der Waals surface area (Å²) >= 11 is 0. The summed E-state index contributed by atoms with van der Waals surface area (Å²) in [6, 6.07) is 1.93. The van der Waals surface area contributed by atoms with Crippen molar-refractivity contribution in [3.8, 4) is 0 Å². The van der Waals surface area contributed by atoms with Gasteiger partial charge in [-0.2, -0.15) is 0 Å². The predicted octanol–water partition coefficient (Wildman–Crippen LogP) is 1.47. The summed E-state index contributed by atoms with van der Waals surface area (Å²) in [5.41, 5.74) is 5.12. The SMILES string of the molecule is CC(=O)NCC=Cc1cc([N+](=O)[O-])cc(F)c1N. The molecule has 1 aromatic carbocycles. The Balaban J connectivity index is 2.94. The Hall–Kier alpha value is -2.44. The molecule has 0 aliphatic carbocycles. The molecule has 0 spiro atoms. The summed E-state index contributed by atoms with van der Waals surface area (Å²) in [4.78, 5) is 20.5. The molecule has 0 aliphatic rings. The number of amides is 1. The van der Waals surface area contributed by atoms with Gasteiger partial charge >= 0.3 is 0 Å². The van der Waals surface area contributed by atoms with E-state index < -0.39 is 10.7 Å². The van der Waals surface area contributed by atoms with Crippen molar-refractivity contribution in [2.45, 2.75) is 6.92 Å². The van der Waals surface area contributed by atoms with E-state index in [9.17, 15) is 19.3 Å². The lowest BCUT2D eigenvalue weighted by molar-refractivity contribution is -0.385. The van der Waals surface area contributed by atoms with E-state index in [1.807, 2.05) is 0 Å². The predicted molar refractivity (Wildman–Crippen MR) is 65.2 cm³/mol. The van der Waals surface area contributed by atoms with Crippen LogP contribution in [0.5, 0.6) is 0 Å². The molecule has 0 bridgehead atoms. The number of halogens is 1. The Labute approximate surface area is 102 Å². The molecule has 18 heavy (non-hydrogen) atoms. The molecule has 0 unspecified atom stereocenters. The number of anilines is 1. The number of hydrogen-bond acceptors (Lipinski definition) is 4. The van der Waals surface area contributed by atoms with Crippen molar-refractivity contribution in [3.05, 3.63) is 39.7 Å². The van der Waals surface area contributed by atoms with Gasteiger partial charge in [0, 0.05) is 25.1 Å². The third kappa shape index (κ3) is 3.55. The molecule has 0 heterocycles. The van der Waals surface area contributed by atoms with Crippen LogP contribution < -0.4 is 11.1 Å². The number of nitro benzene ring substituents is 1. The molecule has 1 rings (SSSR count). The van der Waals surface area contributed by atoms with Crippen LogP contribution >= 0.6 is 0 Å². The monoisotopic (exact) mass is 253 g/mol. The summed E-state index contributed by atoms with van der Waals surface area (Å²) in [7, 11) is 0. The molecule has 0 saturated carbocycles. The molecule has 1 amide bonds. The van der Waals surface area contributed by atoms with Crippen LogP contribution in [0.1, 0.15) is 12.5 Å². The molecule has 0 aromatic heterocycles. The van der Waals surface area contributed by atoms with Crippen LogP contribution in [0.3, 0.4) is 0 Å². The average Bonchev–Trinajstić information content (AvgIpc) is 2.28. The molecule has 0 atom stereocenters. The Morgan fingerprint density at radius 2 is 2.28 bits per heavy atom. The molecule has 0 aliphatic heterocycles. The maximum Gasteiger partial charge on any atom is 0.273 e. The highest BCUT2D eigenvalue weighted by molar-refractivity contribution is 5.73. The Morgan fingerprint density at radius 1 is 1.61 bits per heavy atom. The highest BCUT2D eigenvalue weighted by atomic mass is 19.1. The first-order valence-corrected chi connectivity index (χ1v) is 5.06. The number of rotatable bonds is 4. The zero-order valence-corrected chi connectivity index (χ0v) is 9.64. The summed E-state index contributed by atoms with van der Waals surface area (Å²) in [5.74, 6) is -1.05. The fraction of sp³-hybridized carbons (Fsp3) is 0.182. The molecule has 3 N–H and O–H groups in total. The first kappa shape index (κ1) is 13.6. The van der Waals surface area contributed by atoms with Gasteiger partial charge in [0.25, 0.3) is 5.69 Å². The molecule has 96 valence electrons. The summed E-state index contributed by atoms with van der Waals surface area (Å²) in [6.45, 7) is 1.59. The molecule has 1 aromatic rings. The van der Waals surface area contributed by atoms with E-state index in [1.54, 1.807) is 0 Å². The number of nitrogens with one attached hydrogen (secondary N) is 1. The second-order valence-corrected chi connectivity index (χ2v) is 3.53. The van der Waals surface area contributed by atoms with Crippen LogP contribution in [-0.2, 0) is 4.79 Å². The quantitative estimate of drug-likeness (QED) is 0.482. The number of nitrogens with zero attached hydrogens (tertiary/aromatic N) is 1. The second-order valence-electron chi connectivity index (χ2n) is 3.53. The van der Waals surface area contributed by atoms with Crippen LogP contribution in [0.25, 0.3) is 6.08 Å². The van der Waals surface area contributed by atoms with Crippen molar-refractivity contribution in [1.29, 1.82) is 0 Å². The largest absolute Gasteiger partial charge is 0.396 e. The number of non-ortho nitro benzene ring substituents is 1. The van der Waals surface area contributed by atoms with Gasteiger partial charge in [0.05, 0.1) is 16.7 Å². The number of nitrogen functional groups attached to an aromatic ring is 1.